The summed E-state index contributed by atoms with van der Waals surface area (Å²) in [4.78, 5) is 44.0. The minimum absolute atomic E-state index is 0.207. The van der Waals surface area contributed by atoms with E-state index in [-0.39, 0.29) is 24.3 Å². The fraction of sp³-hybridized carbons (Fsp3) is 0.278. The highest BCUT2D eigenvalue weighted by molar-refractivity contribution is 7.07. The Hall–Kier alpha value is -4.76. The molecule has 1 atom stereocenters. The first-order valence-corrected chi connectivity index (χ1v) is 15.9. The zero-order valence-electron chi connectivity index (χ0n) is 25.8. The van der Waals surface area contributed by atoms with Gasteiger partial charge in [0.2, 0.25) is 0 Å². The van der Waals surface area contributed by atoms with Crippen LogP contribution in [0.2, 0.25) is 0 Å². The Bertz CT molecular complexity index is 1920. The van der Waals surface area contributed by atoms with Crippen LogP contribution < -0.4 is 19.6 Å². The van der Waals surface area contributed by atoms with E-state index in [1.807, 2.05) is 55.5 Å². The average molecular weight is 625 g/mol. The lowest BCUT2D eigenvalue weighted by atomic mass is 9.92. The Morgan fingerprint density at radius 2 is 1.78 bits per heavy atom. The van der Waals surface area contributed by atoms with E-state index < -0.39 is 18.0 Å². The van der Waals surface area contributed by atoms with Crippen LogP contribution >= 0.6 is 11.3 Å². The Labute approximate surface area is 265 Å². The average Bonchev–Trinajstić information content (AvgIpc) is 3.34. The Kier molecular flexibility index (Phi) is 9.78. The van der Waals surface area contributed by atoms with E-state index in [2.05, 4.69) is 13.8 Å². The molecule has 1 N–H and O–H groups in total. The molecule has 2 heterocycles. The van der Waals surface area contributed by atoms with Crippen LogP contribution in [0.4, 0.5) is 0 Å². The Morgan fingerprint density at radius 3 is 2.42 bits per heavy atom. The molecule has 0 fully saturated rings. The number of rotatable bonds is 11. The number of allylic oxidation sites excluding steroid dienone is 1. The summed E-state index contributed by atoms with van der Waals surface area (Å²) in [6.45, 7) is 8.50. The van der Waals surface area contributed by atoms with Gasteiger partial charge in [-0.3, -0.25) is 9.36 Å². The van der Waals surface area contributed by atoms with Crippen LogP contribution in [0.15, 0.2) is 93.9 Å². The standard InChI is InChI=1S/C36H36N2O6S/c1-5-8-29-31(35(42)43-6-2)32(26-15-13-25(14-16-26)22(3)4)38-33(39)30(45-36(38)37-29)20-23-11-17-28(18-12-23)44-21-24-9-7-10-27(19-24)34(40)41/h7,9-20,22,32H,5-6,8,21H2,1-4H3,(H,40,41)/b30-20-/t32-/m1/s1. The minimum Gasteiger partial charge on any atom is -0.489 e. The number of esters is 1. The van der Waals surface area contributed by atoms with E-state index in [0.717, 1.165) is 23.1 Å². The van der Waals surface area contributed by atoms with Gasteiger partial charge in [-0.05, 0) is 71.9 Å². The monoisotopic (exact) mass is 624 g/mol. The van der Waals surface area contributed by atoms with Gasteiger partial charge >= 0.3 is 11.9 Å². The second kappa shape index (κ2) is 13.9. The molecule has 8 nitrogen and oxygen atoms in total. The maximum absolute atomic E-state index is 14.0. The Morgan fingerprint density at radius 1 is 1.04 bits per heavy atom. The number of carbonyl (C=O) groups excluding carboxylic acids is 1. The minimum atomic E-state index is -0.986. The van der Waals surface area contributed by atoms with Crippen molar-refractivity contribution in [3.63, 3.8) is 0 Å². The van der Waals surface area contributed by atoms with Gasteiger partial charge in [0.15, 0.2) is 4.80 Å². The zero-order chi connectivity index (χ0) is 32.1. The summed E-state index contributed by atoms with van der Waals surface area (Å²) in [6.07, 6.45) is 3.19. The van der Waals surface area contributed by atoms with Crippen molar-refractivity contribution in [3.05, 3.63) is 132 Å². The molecule has 0 saturated carbocycles. The van der Waals surface area contributed by atoms with Gasteiger partial charge in [0.1, 0.15) is 12.4 Å². The number of carbonyl (C=O) groups is 2. The third-order valence-electron chi connectivity index (χ3n) is 7.57. The fourth-order valence-corrected chi connectivity index (χ4v) is 6.29. The first kappa shape index (κ1) is 31.7. The molecule has 0 radical (unpaired) electrons. The van der Waals surface area contributed by atoms with Crippen LogP contribution in [-0.2, 0) is 16.1 Å². The van der Waals surface area contributed by atoms with Gasteiger partial charge < -0.3 is 14.6 Å². The number of carboxylic acids is 1. The molecule has 0 saturated heterocycles. The molecule has 5 rings (SSSR count). The van der Waals surface area contributed by atoms with E-state index in [9.17, 15) is 19.5 Å². The lowest BCUT2D eigenvalue weighted by Crippen LogP contribution is -2.40. The van der Waals surface area contributed by atoms with Crippen molar-refractivity contribution < 1.29 is 24.2 Å². The fourth-order valence-electron chi connectivity index (χ4n) is 5.27. The number of ether oxygens (including phenoxy) is 2. The van der Waals surface area contributed by atoms with Crippen molar-refractivity contribution >= 4 is 29.4 Å². The summed E-state index contributed by atoms with van der Waals surface area (Å²) in [5.41, 5.74) is 4.58. The van der Waals surface area contributed by atoms with Gasteiger partial charge in [-0.25, -0.2) is 14.6 Å². The molecular weight excluding hydrogens is 588 g/mol. The van der Waals surface area contributed by atoms with Gasteiger partial charge in [0, 0.05) is 0 Å². The van der Waals surface area contributed by atoms with Gasteiger partial charge in [-0.2, -0.15) is 0 Å². The molecule has 1 aliphatic heterocycles. The van der Waals surface area contributed by atoms with Crippen LogP contribution in [0.5, 0.6) is 5.75 Å². The van der Waals surface area contributed by atoms with E-state index in [4.69, 9.17) is 14.5 Å². The number of aromatic carboxylic acids is 1. The summed E-state index contributed by atoms with van der Waals surface area (Å²) in [5.74, 6) is -0.484. The molecule has 45 heavy (non-hydrogen) atoms. The summed E-state index contributed by atoms with van der Waals surface area (Å²) >= 11 is 1.30. The predicted octanol–water partition coefficient (Wildman–Crippen LogP) is 5.98. The maximum Gasteiger partial charge on any atom is 0.338 e. The molecule has 0 aliphatic carbocycles. The van der Waals surface area contributed by atoms with Gasteiger partial charge in [-0.1, -0.05) is 87.1 Å². The number of aromatic nitrogens is 1. The summed E-state index contributed by atoms with van der Waals surface area (Å²) < 4.78 is 13.5. The molecule has 1 aromatic heterocycles. The predicted molar refractivity (Wildman–Crippen MR) is 174 cm³/mol. The maximum atomic E-state index is 14.0. The van der Waals surface area contributed by atoms with Gasteiger partial charge in [0.05, 0.1) is 34.0 Å². The van der Waals surface area contributed by atoms with E-state index in [1.54, 1.807) is 35.8 Å². The van der Waals surface area contributed by atoms with Crippen molar-refractivity contribution in [2.45, 2.75) is 59.1 Å². The second-order valence-electron chi connectivity index (χ2n) is 11.1. The van der Waals surface area contributed by atoms with Crippen molar-refractivity contribution in [2.24, 2.45) is 4.99 Å². The lowest BCUT2D eigenvalue weighted by Gasteiger charge is -2.26. The number of nitrogens with zero attached hydrogens (tertiary/aromatic N) is 2. The highest BCUT2D eigenvalue weighted by atomic mass is 32.1. The number of hydrogen-bond acceptors (Lipinski definition) is 7. The van der Waals surface area contributed by atoms with Crippen molar-refractivity contribution in [1.82, 2.24) is 4.57 Å². The van der Waals surface area contributed by atoms with E-state index >= 15 is 0 Å². The van der Waals surface area contributed by atoms with Crippen LogP contribution in [0, 0.1) is 0 Å². The molecule has 0 spiro atoms. The molecule has 9 heteroatoms. The van der Waals surface area contributed by atoms with Crippen molar-refractivity contribution in [2.75, 3.05) is 6.61 Å². The molecule has 1 aliphatic rings. The smallest absolute Gasteiger partial charge is 0.338 e. The molecule has 232 valence electrons. The molecule has 0 bridgehead atoms. The quantitative estimate of drug-likeness (QED) is 0.206. The number of hydrogen-bond donors (Lipinski definition) is 1. The molecule has 0 amide bonds. The highest BCUT2D eigenvalue weighted by Gasteiger charge is 2.34. The zero-order valence-corrected chi connectivity index (χ0v) is 26.6. The van der Waals surface area contributed by atoms with Crippen LogP contribution in [0.3, 0.4) is 0 Å². The second-order valence-corrected chi connectivity index (χ2v) is 12.1. The third-order valence-corrected chi connectivity index (χ3v) is 8.55. The van der Waals surface area contributed by atoms with Crippen LogP contribution in [0.1, 0.15) is 85.1 Å². The van der Waals surface area contributed by atoms with E-state index in [1.165, 1.54) is 23.0 Å². The first-order chi connectivity index (χ1) is 21.7. The normalized spacial score (nSPS) is 14.7. The number of thiazole rings is 1. The SMILES string of the molecule is CCCC1=C(C(=O)OCC)[C@@H](c2ccc(C(C)C)cc2)n2c(s/c(=C\c3ccc(OCc4cccc(C(=O)O)c4)cc3)c2=O)=N1. The topological polar surface area (TPSA) is 107 Å². The van der Waals surface area contributed by atoms with E-state index in [0.29, 0.717) is 38.7 Å². The highest BCUT2D eigenvalue weighted by Crippen LogP contribution is 2.33. The van der Waals surface area contributed by atoms with Gasteiger partial charge in [0.25, 0.3) is 5.56 Å². The lowest BCUT2D eigenvalue weighted by molar-refractivity contribution is -0.139. The number of benzene rings is 3. The van der Waals surface area contributed by atoms with Crippen molar-refractivity contribution in [1.29, 1.82) is 0 Å². The largest absolute Gasteiger partial charge is 0.489 e. The van der Waals surface area contributed by atoms with Crippen LogP contribution in [0.25, 0.3) is 6.08 Å². The molecule has 0 unspecified atom stereocenters. The van der Waals surface area contributed by atoms with Crippen molar-refractivity contribution in [3.8, 4) is 5.75 Å². The summed E-state index contributed by atoms with van der Waals surface area (Å²) in [7, 11) is 0. The third kappa shape index (κ3) is 6.99. The van der Waals surface area contributed by atoms with Gasteiger partial charge in [-0.15, -0.1) is 0 Å². The Balaban J connectivity index is 1.51. The molecular formula is C36H36N2O6S. The molecule has 3 aromatic carbocycles. The summed E-state index contributed by atoms with van der Waals surface area (Å²) in [6, 6.07) is 21.4. The molecule has 4 aromatic rings. The number of fused-ring (bicyclic) bond motifs is 1. The van der Waals surface area contributed by atoms with Crippen LogP contribution in [-0.4, -0.2) is 28.2 Å². The summed E-state index contributed by atoms with van der Waals surface area (Å²) in [5, 5.41) is 9.22. The first-order valence-electron chi connectivity index (χ1n) is 15.1. The number of carboxylic acid groups (broad SMARTS) is 1.